The molecule has 1 aromatic carbocycles. The highest BCUT2D eigenvalue weighted by molar-refractivity contribution is 7.86. The number of nitrogens with zero attached hydrogens (tertiary/aromatic N) is 3. The highest BCUT2D eigenvalue weighted by Crippen LogP contribution is 2.36. The molecule has 23 heavy (non-hydrogen) atoms. The second kappa shape index (κ2) is 6.74. The number of hydrogen-bond donors (Lipinski definition) is 1. The molecule has 10 heteroatoms. The van der Waals surface area contributed by atoms with Gasteiger partial charge in [0, 0.05) is 15.6 Å². The predicted molar refractivity (Wildman–Crippen MR) is 85.8 cm³/mol. The minimum Gasteiger partial charge on any atom is -0.380 e. The molecule has 0 aliphatic heterocycles. The van der Waals surface area contributed by atoms with Gasteiger partial charge in [0.2, 0.25) is 0 Å². The zero-order chi connectivity index (χ0) is 17.3. The largest absolute Gasteiger partial charge is 0.380 e. The molecule has 0 bridgehead atoms. The quantitative estimate of drug-likeness (QED) is 0.769. The fraction of sp³-hybridized carbons (Fsp3) is 0.385. The lowest BCUT2D eigenvalue weighted by molar-refractivity contribution is -0.0710. The van der Waals surface area contributed by atoms with Crippen molar-refractivity contribution in [1.29, 1.82) is 0 Å². The van der Waals surface area contributed by atoms with Crippen molar-refractivity contribution < 1.29 is 17.7 Å². The van der Waals surface area contributed by atoms with Crippen LogP contribution in [0.2, 0.25) is 10.0 Å². The first-order chi connectivity index (χ1) is 10.6. The summed E-state index contributed by atoms with van der Waals surface area (Å²) >= 11 is 12.0. The van der Waals surface area contributed by atoms with Crippen LogP contribution in [0.1, 0.15) is 12.5 Å². The molecule has 0 aliphatic carbocycles. The summed E-state index contributed by atoms with van der Waals surface area (Å²) in [7, 11) is -3.79. The number of aliphatic hydroxyl groups is 1. The van der Waals surface area contributed by atoms with Crippen LogP contribution in [-0.4, -0.2) is 40.6 Å². The van der Waals surface area contributed by atoms with Crippen LogP contribution < -0.4 is 0 Å². The lowest BCUT2D eigenvalue weighted by atomic mass is 9.88. The van der Waals surface area contributed by atoms with Crippen LogP contribution in [0.5, 0.6) is 0 Å². The molecule has 0 saturated heterocycles. The fourth-order valence-electron chi connectivity index (χ4n) is 2.18. The van der Waals surface area contributed by atoms with Crippen molar-refractivity contribution in [3.05, 3.63) is 46.5 Å². The van der Waals surface area contributed by atoms with E-state index in [1.54, 1.807) is 6.07 Å². The molecular weight excluding hydrogens is 365 g/mol. The molecule has 1 N–H and O–H groups in total. The van der Waals surface area contributed by atoms with E-state index >= 15 is 0 Å². The van der Waals surface area contributed by atoms with Gasteiger partial charge >= 0.3 is 0 Å². The highest BCUT2D eigenvalue weighted by Gasteiger charge is 2.41. The second-order valence-corrected chi connectivity index (χ2v) is 7.53. The first-order valence-electron chi connectivity index (χ1n) is 6.50. The molecule has 0 unspecified atom stereocenters. The zero-order valence-corrected chi connectivity index (χ0v) is 14.7. The number of benzene rings is 1. The van der Waals surface area contributed by atoms with Crippen LogP contribution in [-0.2, 0) is 26.4 Å². The second-order valence-electron chi connectivity index (χ2n) is 5.08. The smallest absolute Gasteiger partial charge is 0.264 e. The predicted octanol–water partition coefficient (Wildman–Crippen LogP) is 1.84. The summed E-state index contributed by atoms with van der Waals surface area (Å²) in [6, 6.07) is 4.52. The molecule has 2 atom stereocenters. The van der Waals surface area contributed by atoms with Gasteiger partial charge in [-0.25, -0.2) is 9.67 Å². The van der Waals surface area contributed by atoms with Crippen LogP contribution in [0.3, 0.4) is 0 Å². The maximum atomic E-state index is 11.4. The van der Waals surface area contributed by atoms with Crippen LogP contribution in [0.15, 0.2) is 30.9 Å². The minimum absolute atomic E-state index is 0.106. The van der Waals surface area contributed by atoms with E-state index in [9.17, 15) is 13.5 Å². The molecule has 0 aliphatic rings. The average molecular weight is 380 g/mol. The first-order valence-corrected chi connectivity index (χ1v) is 9.07. The van der Waals surface area contributed by atoms with E-state index in [1.807, 2.05) is 0 Å². The molecule has 0 saturated carbocycles. The van der Waals surface area contributed by atoms with Crippen molar-refractivity contribution in [1.82, 2.24) is 14.8 Å². The van der Waals surface area contributed by atoms with Crippen LogP contribution >= 0.6 is 23.2 Å². The van der Waals surface area contributed by atoms with E-state index in [4.69, 9.17) is 27.4 Å². The molecule has 0 spiro atoms. The monoisotopic (exact) mass is 379 g/mol. The Bertz CT molecular complexity index is 783. The SMILES string of the molecule is C[C@@H](OS(C)(=O)=O)[C@](O)(Cn1cncn1)c1ccc(Cl)cc1Cl. The third kappa shape index (κ3) is 4.42. The van der Waals surface area contributed by atoms with Gasteiger partial charge in [0.15, 0.2) is 0 Å². The number of halogens is 2. The summed E-state index contributed by atoms with van der Waals surface area (Å²) in [6.07, 6.45) is 2.47. The van der Waals surface area contributed by atoms with Crippen molar-refractivity contribution >= 4 is 33.3 Å². The Labute approximate surface area is 143 Å². The Morgan fingerprint density at radius 1 is 1.43 bits per heavy atom. The zero-order valence-electron chi connectivity index (χ0n) is 12.3. The maximum Gasteiger partial charge on any atom is 0.264 e. The summed E-state index contributed by atoms with van der Waals surface area (Å²) in [6.45, 7) is 1.33. The number of rotatable bonds is 6. The van der Waals surface area contributed by atoms with Crippen LogP contribution in [0, 0.1) is 0 Å². The van der Waals surface area contributed by atoms with E-state index in [-0.39, 0.29) is 17.1 Å². The lowest BCUT2D eigenvalue weighted by Gasteiger charge is -2.34. The summed E-state index contributed by atoms with van der Waals surface area (Å²) in [5, 5.41) is 15.6. The molecule has 1 heterocycles. The van der Waals surface area contributed by atoms with Crippen molar-refractivity contribution in [3.8, 4) is 0 Å². The van der Waals surface area contributed by atoms with Crippen molar-refractivity contribution in [2.75, 3.05) is 6.26 Å². The molecule has 0 fully saturated rings. The van der Waals surface area contributed by atoms with Crippen molar-refractivity contribution in [3.63, 3.8) is 0 Å². The van der Waals surface area contributed by atoms with Crippen LogP contribution in [0.4, 0.5) is 0 Å². The molecule has 2 rings (SSSR count). The van der Waals surface area contributed by atoms with E-state index < -0.39 is 21.8 Å². The van der Waals surface area contributed by atoms with E-state index in [0.29, 0.717) is 5.02 Å². The van der Waals surface area contributed by atoms with E-state index in [0.717, 1.165) is 6.26 Å². The molecule has 2 aromatic rings. The minimum atomic E-state index is -3.79. The molecule has 0 radical (unpaired) electrons. The van der Waals surface area contributed by atoms with Gasteiger partial charge in [0.1, 0.15) is 24.4 Å². The third-order valence-corrected chi connectivity index (χ3v) is 4.44. The van der Waals surface area contributed by atoms with E-state index in [2.05, 4.69) is 10.1 Å². The van der Waals surface area contributed by atoms with Gasteiger partial charge in [0.05, 0.1) is 12.8 Å². The van der Waals surface area contributed by atoms with Gasteiger partial charge in [-0.2, -0.15) is 13.5 Å². The first kappa shape index (κ1) is 18.2. The lowest BCUT2D eigenvalue weighted by Crippen LogP contribution is -2.44. The highest BCUT2D eigenvalue weighted by atomic mass is 35.5. The van der Waals surface area contributed by atoms with Crippen molar-refractivity contribution in [2.45, 2.75) is 25.2 Å². The Hall–Kier alpha value is -1.19. The topological polar surface area (TPSA) is 94.3 Å². The summed E-state index contributed by atoms with van der Waals surface area (Å²) < 4.78 is 29.2. The summed E-state index contributed by atoms with van der Waals surface area (Å²) in [5.41, 5.74) is -1.49. The summed E-state index contributed by atoms with van der Waals surface area (Å²) in [5.74, 6) is 0. The number of aromatic nitrogens is 3. The Kier molecular flexibility index (Phi) is 5.32. The normalized spacial score (nSPS) is 16.0. The number of hydrogen-bond acceptors (Lipinski definition) is 6. The van der Waals surface area contributed by atoms with Gasteiger partial charge < -0.3 is 5.11 Å². The Morgan fingerprint density at radius 2 is 2.13 bits per heavy atom. The molecule has 0 amide bonds. The van der Waals surface area contributed by atoms with Crippen molar-refractivity contribution in [2.24, 2.45) is 0 Å². The molecule has 7 nitrogen and oxygen atoms in total. The molecule has 1 aromatic heterocycles. The van der Waals surface area contributed by atoms with E-state index in [1.165, 1.54) is 36.4 Å². The molecule has 126 valence electrons. The molecular formula is C13H15Cl2N3O4S. The van der Waals surface area contributed by atoms with Gasteiger partial charge in [-0.05, 0) is 19.1 Å². The average Bonchev–Trinajstić information content (AvgIpc) is 2.88. The van der Waals surface area contributed by atoms with Gasteiger partial charge in [-0.15, -0.1) is 0 Å². The fourth-order valence-corrected chi connectivity index (χ4v) is 3.43. The van der Waals surface area contributed by atoms with Gasteiger partial charge in [-0.3, -0.25) is 4.18 Å². The third-order valence-electron chi connectivity index (χ3n) is 3.26. The van der Waals surface area contributed by atoms with Gasteiger partial charge in [0.25, 0.3) is 10.1 Å². The van der Waals surface area contributed by atoms with Gasteiger partial charge in [-0.1, -0.05) is 29.3 Å². The standard InChI is InChI=1S/C13H15Cl2N3O4S/c1-9(22-23(2,20)21)13(19,6-18-8-16-7-17-18)11-4-3-10(14)5-12(11)15/h3-5,7-9,19H,6H2,1-2H3/t9-,13-/m1/s1. The Morgan fingerprint density at radius 3 is 2.65 bits per heavy atom. The maximum absolute atomic E-state index is 11.4. The Balaban J connectivity index is 2.49. The summed E-state index contributed by atoms with van der Waals surface area (Å²) in [4.78, 5) is 3.80. The van der Waals surface area contributed by atoms with Crippen LogP contribution in [0.25, 0.3) is 0 Å².